The SMILES string of the molecule is O=C(CCOCCN1C(=O)C=CC1=O)OC1CC(C(=O)O)(C(=O)O)C1.[NH-]C1CCCC[C@H]1[NH-].[Pt+2]. The smallest absolute Gasteiger partial charge is 0.676 e. The van der Waals surface area contributed by atoms with Crippen molar-refractivity contribution in [3.05, 3.63) is 23.6 Å². The molecule has 34 heavy (non-hydrogen) atoms. The fourth-order valence-electron chi connectivity index (χ4n) is 3.68. The minimum Gasteiger partial charge on any atom is -0.676 e. The maximum Gasteiger partial charge on any atom is 2.00 e. The molecule has 1 aliphatic heterocycles. The maximum absolute atomic E-state index is 11.6. The second-order valence-corrected chi connectivity index (χ2v) is 8.23. The second-order valence-electron chi connectivity index (χ2n) is 8.23. The van der Waals surface area contributed by atoms with Gasteiger partial charge in [-0.2, -0.15) is 12.1 Å². The Labute approximate surface area is 211 Å². The van der Waals surface area contributed by atoms with Gasteiger partial charge in [-0.3, -0.25) is 28.9 Å². The third-order valence-corrected chi connectivity index (χ3v) is 5.85. The first-order chi connectivity index (χ1) is 15.6. The van der Waals surface area contributed by atoms with E-state index in [1.807, 2.05) is 0 Å². The predicted octanol–water partition coefficient (Wildman–Crippen LogP) is 1.58. The van der Waals surface area contributed by atoms with Crippen molar-refractivity contribution in [2.24, 2.45) is 5.41 Å². The van der Waals surface area contributed by atoms with Crippen LogP contribution >= 0.6 is 0 Å². The summed E-state index contributed by atoms with van der Waals surface area (Å²) in [6.07, 6.45) is 5.18. The van der Waals surface area contributed by atoms with E-state index in [1.165, 1.54) is 12.8 Å². The molecule has 2 amide bonds. The maximum atomic E-state index is 11.6. The van der Waals surface area contributed by atoms with Gasteiger partial charge in [-0.15, -0.1) is 0 Å². The molecule has 0 bridgehead atoms. The van der Waals surface area contributed by atoms with Crippen molar-refractivity contribution in [3.63, 3.8) is 0 Å². The average Bonchev–Trinajstić information content (AvgIpc) is 3.04. The molecule has 2 saturated carbocycles. The Bertz CT molecular complexity index is 754. The fourth-order valence-corrected chi connectivity index (χ4v) is 3.68. The summed E-state index contributed by atoms with van der Waals surface area (Å²) in [7, 11) is 0. The van der Waals surface area contributed by atoms with Gasteiger partial charge in [-0.1, -0.05) is 25.7 Å². The molecule has 2 aliphatic carbocycles. The molecule has 0 aromatic carbocycles. The summed E-state index contributed by atoms with van der Waals surface area (Å²) in [6, 6.07) is -0.160. The zero-order chi connectivity index (χ0) is 24.6. The molecular weight excluding hydrogens is 633 g/mol. The number of carboxylic acid groups (broad SMARTS) is 2. The van der Waals surface area contributed by atoms with Gasteiger partial charge in [-0.05, 0) is 0 Å². The van der Waals surface area contributed by atoms with Crippen molar-refractivity contribution in [1.29, 1.82) is 0 Å². The van der Waals surface area contributed by atoms with Crippen LogP contribution in [0.3, 0.4) is 0 Å². The first-order valence-electron chi connectivity index (χ1n) is 10.8. The number of nitrogens with zero attached hydrogens (tertiary/aromatic N) is 1. The number of esters is 1. The van der Waals surface area contributed by atoms with Gasteiger partial charge >= 0.3 is 39.0 Å². The van der Waals surface area contributed by atoms with Gasteiger partial charge in [-0.25, -0.2) is 0 Å². The van der Waals surface area contributed by atoms with Crippen molar-refractivity contribution < 1.29 is 64.7 Å². The summed E-state index contributed by atoms with van der Waals surface area (Å²) in [5.41, 5.74) is 12.7. The topological polar surface area (TPSA) is 195 Å². The minimum absolute atomic E-state index is 0. The number of ether oxygens (including phenoxy) is 2. The molecule has 3 aliphatic rings. The molecule has 1 unspecified atom stereocenters. The Morgan fingerprint density at radius 1 is 0.971 bits per heavy atom. The first-order valence-corrected chi connectivity index (χ1v) is 10.8. The van der Waals surface area contributed by atoms with Crippen molar-refractivity contribution in [1.82, 2.24) is 4.90 Å². The number of nitrogens with one attached hydrogen (secondary N) is 2. The van der Waals surface area contributed by atoms with Crippen LogP contribution in [0.15, 0.2) is 12.2 Å². The van der Waals surface area contributed by atoms with Gasteiger partial charge in [0.05, 0.1) is 26.2 Å². The summed E-state index contributed by atoms with van der Waals surface area (Å²) in [5.74, 6) is -4.37. The van der Waals surface area contributed by atoms with Crippen molar-refractivity contribution >= 4 is 29.7 Å². The van der Waals surface area contributed by atoms with E-state index in [2.05, 4.69) is 0 Å². The summed E-state index contributed by atoms with van der Waals surface area (Å²) < 4.78 is 10.1. The Balaban J connectivity index is 0.000000543. The molecule has 0 spiro atoms. The van der Waals surface area contributed by atoms with Crippen LogP contribution < -0.4 is 0 Å². The van der Waals surface area contributed by atoms with Crippen LogP contribution in [0.2, 0.25) is 0 Å². The number of carbonyl (C=O) groups is 5. The Morgan fingerprint density at radius 3 is 1.91 bits per heavy atom. The quantitative estimate of drug-likeness (QED) is 0.160. The average molecular weight is 663 g/mol. The number of imide groups is 1. The van der Waals surface area contributed by atoms with E-state index in [0.29, 0.717) is 0 Å². The Morgan fingerprint density at radius 2 is 1.47 bits per heavy atom. The van der Waals surface area contributed by atoms with Gasteiger partial charge in [0, 0.05) is 25.0 Å². The van der Waals surface area contributed by atoms with Gasteiger partial charge in [0.1, 0.15) is 6.10 Å². The predicted molar refractivity (Wildman–Crippen MR) is 113 cm³/mol. The molecule has 4 N–H and O–H groups in total. The normalized spacial score (nSPS) is 23.3. The van der Waals surface area contributed by atoms with Gasteiger partial charge in [0.25, 0.3) is 11.8 Å². The third kappa shape index (κ3) is 7.97. The van der Waals surface area contributed by atoms with Crippen molar-refractivity contribution in [2.75, 3.05) is 19.8 Å². The van der Waals surface area contributed by atoms with E-state index >= 15 is 0 Å². The van der Waals surface area contributed by atoms with Crippen molar-refractivity contribution in [2.45, 2.75) is 63.1 Å². The zero-order valence-corrected chi connectivity index (χ0v) is 20.7. The van der Waals surface area contributed by atoms with E-state index in [9.17, 15) is 24.0 Å². The molecule has 2 atom stereocenters. The van der Waals surface area contributed by atoms with E-state index in [0.717, 1.165) is 29.9 Å². The van der Waals surface area contributed by atoms with Crippen molar-refractivity contribution in [3.8, 4) is 0 Å². The minimum atomic E-state index is -1.88. The summed E-state index contributed by atoms with van der Waals surface area (Å²) in [5, 5.41) is 17.9. The zero-order valence-electron chi connectivity index (χ0n) is 18.5. The van der Waals surface area contributed by atoms with Crippen LogP contribution in [-0.2, 0) is 54.5 Å². The van der Waals surface area contributed by atoms with Gasteiger partial charge < -0.3 is 31.2 Å². The fraction of sp³-hybridized carbons (Fsp3) is 0.667. The number of carboxylic acids is 2. The van der Waals surface area contributed by atoms with Gasteiger partial charge in [0.2, 0.25) is 0 Å². The van der Waals surface area contributed by atoms with Crippen LogP contribution in [0.5, 0.6) is 0 Å². The van der Waals surface area contributed by atoms with E-state index in [4.69, 9.17) is 31.2 Å². The largest absolute Gasteiger partial charge is 2.00 e. The number of hydrogen-bond donors (Lipinski definition) is 2. The van der Waals surface area contributed by atoms with E-state index < -0.39 is 41.2 Å². The van der Waals surface area contributed by atoms with Crippen LogP contribution in [-0.4, -0.2) is 82.8 Å². The van der Waals surface area contributed by atoms with Crippen LogP contribution in [0.1, 0.15) is 44.9 Å². The standard InChI is InChI=1S/C15H17NO9.C6H12N2.Pt/c17-10-1-2-11(18)16(10)4-6-24-5-3-12(19)25-9-7-15(8-9,13(20)21)14(22)23;7-5-3-1-2-4-6(5)8;/h1-2,9H,3-8H2,(H,20,21)(H,22,23);5-8H,1-4H2;/q;-2;+2/t;5-,6?;/m.1./s1. The summed E-state index contributed by atoms with van der Waals surface area (Å²) in [4.78, 5) is 57.1. The van der Waals surface area contributed by atoms with Crippen LogP contribution in [0.4, 0.5) is 0 Å². The molecule has 0 radical (unpaired) electrons. The summed E-state index contributed by atoms with van der Waals surface area (Å²) in [6.45, 7) is 0.136. The number of aliphatic carboxylic acids is 2. The van der Waals surface area contributed by atoms with Crippen LogP contribution in [0, 0.1) is 5.41 Å². The molecule has 0 saturated heterocycles. The molecule has 3 rings (SSSR count). The molecule has 0 aromatic rings. The van der Waals surface area contributed by atoms with E-state index in [1.54, 1.807) is 0 Å². The molecular formula is C21H29N3O9Pt. The molecule has 13 heteroatoms. The van der Waals surface area contributed by atoms with Crippen LogP contribution in [0.25, 0.3) is 11.5 Å². The summed E-state index contributed by atoms with van der Waals surface area (Å²) >= 11 is 0. The Kier molecular flexibility index (Phi) is 12.0. The number of amides is 2. The molecule has 12 nitrogen and oxygen atoms in total. The van der Waals surface area contributed by atoms with E-state index in [-0.39, 0.29) is 72.2 Å². The molecule has 192 valence electrons. The molecule has 0 aromatic heterocycles. The number of carbonyl (C=O) groups excluding carboxylic acids is 3. The molecule has 1 heterocycles. The first kappa shape index (κ1) is 29.9. The second kappa shape index (κ2) is 13.7. The Hall–Kier alpha value is -2.14. The van der Waals surface area contributed by atoms with Gasteiger partial charge in [0.15, 0.2) is 5.41 Å². The number of hydrogen-bond acceptors (Lipinski definition) is 7. The monoisotopic (exact) mass is 662 g/mol. The number of rotatable bonds is 9. The third-order valence-electron chi connectivity index (χ3n) is 5.85. The molecule has 2 fully saturated rings.